The number of carbonyl (C=O) groups is 1. The number of nitriles is 1. The molecule has 7 nitrogen and oxygen atoms in total. The van der Waals surface area contributed by atoms with E-state index in [9.17, 15) is 14.4 Å². The zero-order chi connectivity index (χ0) is 19.5. The summed E-state index contributed by atoms with van der Waals surface area (Å²) in [6, 6.07) is 15.0. The van der Waals surface area contributed by atoms with E-state index in [0.29, 0.717) is 11.3 Å². The van der Waals surface area contributed by atoms with Crippen molar-refractivity contribution in [1.82, 2.24) is 10.9 Å². The monoisotopic (exact) mass is 377 g/mol. The third kappa shape index (κ3) is 2.00. The highest BCUT2D eigenvalue weighted by atomic mass is 19.1. The highest BCUT2D eigenvalue weighted by Crippen LogP contribution is 2.56. The molecule has 1 saturated heterocycles. The predicted octanol–water partition coefficient (Wildman–Crippen LogP) is 1.53. The molecule has 0 bridgehead atoms. The van der Waals surface area contributed by atoms with Gasteiger partial charge in [-0.25, -0.2) is 15.2 Å². The first-order valence-corrected chi connectivity index (χ1v) is 8.82. The number of nitrogens with two attached hydrogens (primary N) is 1. The Labute approximate surface area is 159 Å². The standard InChI is InChI=1S/C20H16FN5O2/c21-11-7-5-10(6-8-11)16-15-18(26-25-16)28-17(23)13(9-22)20(15)12-3-1-2-4-14(12)24-19(20)27/h1-8,15-16,18,25-26H,23H2,(H,24,27). The molecule has 3 heterocycles. The summed E-state index contributed by atoms with van der Waals surface area (Å²) in [4.78, 5) is 13.4. The maximum Gasteiger partial charge on any atom is 0.241 e. The van der Waals surface area contributed by atoms with E-state index < -0.39 is 23.6 Å². The fourth-order valence-corrected chi connectivity index (χ4v) is 4.63. The molecule has 1 spiro atoms. The second-order valence-corrected chi connectivity index (χ2v) is 7.04. The summed E-state index contributed by atoms with van der Waals surface area (Å²) in [6.07, 6.45) is -0.649. The quantitative estimate of drug-likeness (QED) is 0.600. The number of fused-ring (bicyclic) bond motifs is 4. The topological polar surface area (TPSA) is 112 Å². The molecule has 0 aliphatic carbocycles. The Morgan fingerprint density at radius 2 is 1.89 bits per heavy atom. The fraction of sp³-hybridized carbons (Fsp3) is 0.200. The first-order valence-electron chi connectivity index (χ1n) is 8.82. The number of para-hydroxylation sites is 1. The molecule has 8 heteroatoms. The number of carbonyl (C=O) groups excluding carboxylic acids is 1. The van der Waals surface area contributed by atoms with Crippen LogP contribution in [0.25, 0.3) is 0 Å². The molecule has 3 aliphatic rings. The van der Waals surface area contributed by atoms with Crippen molar-refractivity contribution in [3.05, 3.63) is 76.9 Å². The lowest BCUT2D eigenvalue weighted by Gasteiger charge is -2.42. The fourth-order valence-electron chi connectivity index (χ4n) is 4.63. The molecule has 0 radical (unpaired) electrons. The van der Waals surface area contributed by atoms with Gasteiger partial charge in [-0.05, 0) is 29.3 Å². The molecular weight excluding hydrogens is 361 g/mol. The van der Waals surface area contributed by atoms with Crippen LogP contribution in [-0.4, -0.2) is 12.1 Å². The minimum Gasteiger partial charge on any atom is -0.458 e. The first kappa shape index (κ1) is 16.7. The number of halogens is 1. The average Bonchev–Trinajstić information content (AvgIpc) is 3.23. The van der Waals surface area contributed by atoms with Crippen molar-refractivity contribution in [2.24, 2.45) is 11.7 Å². The predicted molar refractivity (Wildman–Crippen MR) is 97.4 cm³/mol. The number of nitrogens with one attached hydrogen (secondary N) is 3. The molecule has 1 amide bonds. The lowest BCUT2D eigenvalue weighted by Crippen LogP contribution is -2.54. The van der Waals surface area contributed by atoms with E-state index in [1.54, 1.807) is 18.2 Å². The SMILES string of the molecule is N#CC1=C(N)OC2NNC(c3ccc(F)cc3)C2C12C(=O)Nc1ccccc12. The summed E-state index contributed by atoms with van der Waals surface area (Å²) in [7, 11) is 0. The molecule has 140 valence electrons. The van der Waals surface area contributed by atoms with Crippen molar-refractivity contribution in [3.8, 4) is 6.07 Å². The van der Waals surface area contributed by atoms with Crippen LogP contribution in [0.2, 0.25) is 0 Å². The summed E-state index contributed by atoms with van der Waals surface area (Å²) in [6.45, 7) is 0. The summed E-state index contributed by atoms with van der Waals surface area (Å²) >= 11 is 0. The van der Waals surface area contributed by atoms with E-state index in [1.165, 1.54) is 12.1 Å². The third-order valence-electron chi connectivity index (χ3n) is 5.76. The molecule has 3 aliphatic heterocycles. The minimum absolute atomic E-state index is 0.0776. The van der Waals surface area contributed by atoms with Crippen LogP contribution >= 0.6 is 0 Å². The largest absolute Gasteiger partial charge is 0.458 e. The molecule has 4 unspecified atom stereocenters. The highest BCUT2D eigenvalue weighted by Gasteiger charge is 2.65. The van der Waals surface area contributed by atoms with Gasteiger partial charge in [-0.3, -0.25) is 4.79 Å². The van der Waals surface area contributed by atoms with Crippen LogP contribution < -0.4 is 21.9 Å². The maximum atomic E-state index is 13.4. The second kappa shape index (κ2) is 5.79. The lowest BCUT2D eigenvalue weighted by molar-refractivity contribution is -0.124. The van der Waals surface area contributed by atoms with E-state index in [-0.39, 0.29) is 23.2 Å². The van der Waals surface area contributed by atoms with Gasteiger partial charge in [0.1, 0.15) is 22.9 Å². The molecule has 28 heavy (non-hydrogen) atoms. The van der Waals surface area contributed by atoms with Crippen LogP contribution in [0.5, 0.6) is 0 Å². The molecule has 2 aromatic rings. The van der Waals surface area contributed by atoms with Gasteiger partial charge in [0.2, 0.25) is 11.8 Å². The van der Waals surface area contributed by atoms with Crippen molar-refractivity contribution in [1.29, 1.82) is 5.26 Å². The average molecular weight is 377 g/mol. The normalized spacial score (nSPS) is 30.4. The zero-order valence-corrected chi connectivity index (χ0v) is 14.6. The van der Waals surface area contributed by atoms with Gasteiger partial charge in [0.05, 0.1) is 12.0 Å². The Balaban J connectivity index is 1.77. The van der Waals surface area contributed by atoms with Crippen LogP contribution in [0.3, 0.4) is 0 Å². The van der Waals surface area contributed by atoms with E-state index in [1.807, 2.05) is 18.2 Å². The summed E-state index contributed by atoms with van der Waals surface area (Å²) in [5.74, 6) is -1.29. The van der Waals surface area contributed by atoms with Crippen LogP contribution in [0.4, 0.5) is 10.1 Å². The number of hydrogen-bond acceptors (Lipinski definition) is 6. The van der Waals surface area contributed by atoms with Crippen molar-refractivity contribution in [2.75, 3.05) is 5.32 Å². The van der Waals surface area contributed by atoms with E-state index in [4.69, 9.17) is 10.5 Å². The molecule has 5 N–H and O–H groups in total. The minimum atomic E-state index is -1.33. The molecule has 1 fully saturated rings. The van der Waals surface area contributed by atoms with Crippen LogP contribution in [0.15, 0.2) is 60.0 Å². The highest BCUT2D eigenvalue weighted by molar-refractivity contribution is 6.10. The maximum absolute atomic E-state index is 13.4. The van der Waals surface area contributed by atoms with Crippen LogP contribution in [0, 0.1) is 23.1 Å². The Bertz CT molecular complexity index is 1060. The molecule has 0 aromatic heterocycles. The van der Waals surface area contributed by atoms with Gasteiger partial charge < -0.3 is 15.8 Å². The Hall–Kier alpha value is -3.41. The van der Waals surface area contributed by atoms with Crippen molar-refractivity contribution in [2.45, 2.75) is 17.7 Å². The van der Waals surface area contributed by atoms with Crippen molar-refractivity contribution in [3.63, 3.8) is 0 Å². The van der Waals surface area contributed by atoms with Gasteiger partial charge in [-0.2, -0.15) is 5.26 Å². The van der Waals surface area contributed by atoms with Crippen LogP contribution in [0.1, 0.15) is 17.2 Å². The zero-order valence-electron chi connectivity index (χ0n) is 14.6. The molecule has 0 saturated carbocycles. The number of rotatable bonds is 1. The van der Waals surface area contributed by atoms with Gasteiger partial charge in [0.15, 0.2) is 6.23 Å². The van der Waals surface area contributed by atoms with Gasteiger partial charge in [-0.1, -0.05) is 30.3 Å². The van der Waals surface area contributed by atoms with E-state index in [0.717, 1.165) is 5.56 Å². The van der Waals surface area contributed by atoms with Gasteiger partial charge in [-0.15, -0.1) is 0 Å². The van der Waals surface area contributed by atoms with Crippen molar-refractivity contribution < 1.29 is 13.9 Å². The number of benzene rings is 2. The Morgan fingerprint density at radius 1 is 1.14 bits per heavy atom. The lowest BCUT2D eigenvalue weighted by atomic mass is 9.62. The number of ether oxygens (including phenoxy) is 1. The van der Waals surface area contributed by atoms with Crippen molar-refractivity contribution >= 4 is 11.6 Å². The number of anilines is 1. The molecule has 2 aromatic carbocycles. The van der Waals surface area contributed by atoms with Crippen LogP contribution in [-0.2, 0) is 14.9 Å². The third-order valence-corrected chi connectivity index (χ3v) is 5.76. The number of hydrazine groups is 1. The second-order valence-electron chi connectivity index (χ2n) is 7.04. The summed E-state index contributed by atoms with van der Waals surface area (Å²) < 4.78 is 19.2. The smallest absolute Gasteiger partial charge is 0.241 e. The first-order chi connectivity index (χ1) is 13.6. The summed E-state index contributed by atoms with van der Waals surface area (Å²) in [5, 5.41) is 12.8. The molecular formula is C20H16FN5O2. The summed E-state index contributed by atoms with van der Waals surface area (Å²) in [5.41, 5.74) is 13.1. The number of nitrogens with zero attached hydrogens (tertiary/aromatic N) is 1. The van der Waals surface area contributed by atoms with E-state index in [2.05, 4.69) is 22.2 Å². The van der Waals surface area contributed by atoms with Gasteiger partial charge >= 0.3 is 0 Å². The molecule has 5 rings (SSSR count). The van der Waals surface area contributed by atoms with Gasteiger partial charge in [0.25, 0.3) is 0 Å². The van der Waals surface area contributed by atoms with Gasteiger partial charge in [0, 0.05) is 5.69 Å². The van der Waals surface area contributed by atoms with E-state index >= 15 is 0 Å². The number of amides is 1. The Kier molecular flexibility index (Phi) is 3.46. The number of hydrogen-bond donors (Lipinski definition) is 4. The molecule has 4 atom stereocenters. The Morgan fingerprint density at radius 3 is 2.64 bits per heavy atom.